The molecule has 118 valence electrons. The zero-order valence-corrected chi connectivity index (χ0v) is 13.6. The van der Waals surface area contributed by atoms with E-state index in [1.807, 2.05) is 28.9 Å². The minimum Gasteiger partial charge on any atom is -0.497 e. The van der Waals surface area contributed by atoms with Crippen LogP contribution in [0.25, 0.3) is 16.9 Å². The number of nitrogens with two attached hydrogens (primary N) is 1. The summed E-state index contributed by atoms with van der Waals surface area (Å²) in [6.45, 7) is 4.49. The molecule has 3 aromatic rings. The molecule has 0 radical (unpaired) electrons. The molecule has 2 aromatic carbocycles. The lowest BCUT2D eigenvalue weighted by atomic mass is 10.1. The third-order valence-electron chi connectivity index (χ3n) is 3.88. The second-order valence-electron chi connectivity index (χ2n) is 5.52. The molecule has 5 nitrogen and oxygen atoms in total. The molecule has 0 saturated carbocycles. The molecule has 0 atom stereocenters. The first-order valence-electron chi connectivity index (χ1n) is 7.50. The first-order chi connectivity index (χ1) is 11.1. The van der Waals surface area contributed by atoms with Crippen LogP contribution < -0.4 is 10.5 Å². The maximum absolute atomic E-state index is 5.86. The van der Waals surface area contributed by atoms with Crippen molar-refractivity contribution >= 4 is 0 Å². The zero-order valence-electron chi connectivity index (χ0n) is 13.6. The van der Waals surface area contributed by atoms with Gasteiger partial charge in [-0.25, -0.2) is 4.68 Å². The number of hydrogen-bond acceptors (Lipinski definition) is 4. The van der Waals surface area contributed by atoms with Gasteiger partial charge in [0.15, 0.2) is 0 Å². The van der Waals surface area contributed by atoms with E-state index in [0.29, 0.717) is 6.54 Å². The Labute approximate surface area is 135 Å². The topological polar surface area (TPSA) is 66.0 Å². The van der Waals surface area contributed by atoms with Gasteiger partial charge in [-0.15, -0.1) is 5.10 Å². The van der Waals surface area contributed by atoms with Gasteiger partial charge in [-0.2, -0.15) is 0 Å². The number of rotatable bonds is 4. The maximum Gasteiger partial charge on any atom is 0.118 e. The summed E-state index contributed by atoms with van der Waals surface area (Å²) in [5.41, 5.74) is 11.9. The summed E-state index contributed by atoms with van der Waals surface area (Å²) >= 11 is 0. The summed E-state index contributed by atoms with van der Waals surface area (Å²) in [6.07, 6.45) is 0. The number of nitrogens with zero attached hydrogens (tertiary/aromatic N) is 3. The van der Waals surface area contributed by atoms with Crippen LogP contribution in [0.5, 0.6) is 5.75 Å². The molecule has 0 amide bonds. The molecule has 0 fully saturated rings. The summed E-state index contributed by atoms with van der Waals surface area (Å²) in [6, 6.07) is 14.1. The van der Waals surface area contributed by atoms with Crippen molar-refractivity contribution in [3.63, 3.8) is 0 Å². The Balaban J connectivity index is 2.17. The molecule has 23 heavy (non-hydrogen) atoms. The minimum atomic E-state index is 0.340. The lowest BCUT2D eigenvalue weighted by Crippen LogP contribution is -2.04. The van der Waals surface area contributed by atoms with Crippen molar-refractivity contribution in [2.45, 2.75) is 20.4 Å². The highest BCUT2D eigenvalue weighted by Crippen LogP contribution is 2.28. The van der Waals surface area contributed by atoms with Crippen LogP contribution in [0.3, 0.4) is 0 Å². The van der Waals surface area contributed by atoms with Crippen molar-refractivity contribution in [3.05, 3.63) is 59.3 Å². The Morgan fingerprint density at radius 2 is 1.83 bits per heavy atom. The van der Waals surface area contributed by atoms with Gasteiger partial charge in [0.1, 0.15) is 11.4 Å². The van der Waals surface area contributed by atoms with Crippen LogP contribution in [0.2, 0.25) is 0 Å². The summed E-state index contributed by atoms with van der Waals surface area (Å²) in [7, 11) is 1.65. The highest BCUT2D eigenvalue weighted by atomic mass is 16.5. The first kappa shape index (κ1) is 15.2. The Morgan fingerprint density at radius 3 is 2.43 bits per heavy atom. The number of ether oxygens (including phenoxy) is 1. The SMILES string of the molecule is COc1ccc(-c2c(CN)nnn2-c2ccc(C)cc2C)cc1. The molecule has 0 bridgehead atoms. The molecule has 0 aliphatic heterocycles. The van der Waals surface area contributed by atoms with E-state index in [0.717, 1.165) is 34.0 Å². The third-order valence-corrected chi connectivity index (χ3v) is 3.88. The largest absolute Gasteiger partial charge is 0.497 e. The van der Waals surface area contributed by atoms with E-state index in [2.05, 4.69) is 42.4 Å². The fourth-order valence-electron chi connectivity index (χ4n) is 2.70. The van der Waals surface area contributed by atoms with Crippen LogP contribution in [0.4, 0.5) is 0 Å². The third kappa shape index (κ3) is 2.83. The van der Waals surface area contributed by atoms with Crippen molar-refractivity contribution < 1.29 is 4.74 Å². The van der Waals surface area contributed by atoms with E-state index in [4.69, 9.17) is 10.5 Å². The Bertz CT molecular complexity index is 822. The van der Waals surface area contributed by atoms with Crippen molar-refractivity contribution in [3.8, 4) is 22.7 Å². The molecule has 5 heteroatoms. The molecule has 0 spiro atoms. The average molecular weight is 308 g/mol. The molecule has 1 aromatic heterocycles. The van der Waals surface area contributed by atoms with Gasteiger partial charge in [-0.3, -0.25) is 0 Å². The Kier molecular flexibility index (Phi) is 4.12. The van der Waals surface area contributed by atoms with Crippen molar-refractivity contribution in [2.24, 2.45) is 5.73 Å². The highest BCUT2D eigenvalue weighted by Gasteiger charge is 2.16. The number of hydrogen-bond donors (Lipinski definition) is 1. The van der Waals surface area contributed by atoms with E-state index in [-0.39, 0.29) is 0 Å². The number of methoxy groups -OCH3 is 1. The minimum absolute atomic E-state index is 0.340. The van der Waals surface area contributed by atoms with E-state index >= 15 is 0 Å². The van der Waals surface area contributed by atoms with Gasteiger partial charge in [0, 0.05) is 12.1 Å². The molecule has 0 saturated heterocycles. The predicted molar refractivity (Wildman–Crippen MR) is 90.7 cm³/mol. The average Bonchev–Trinajstić information content (AvgIpc) is 2.98. The normalized spacial score (nSPS) is 10.8. The van der Waals surface area contributed by atoms with E-state index < -0.39 is 0 Å². The summed E-state index contributed by atoms with van der Waals surface area (Å²) in [5.74, 6) is 0.814. The van der Waals surface area contributed by atoms with Crippen molar-refractivity contribution in [2.75, 3.05) is 7.11 Å². The Morgan fingerprint density at radius 1 is 1.09 bits per heavy atom. The summed E-state index contributed by atoms with van der Waals surface area (Å²) in [4.78, 5) is 0. The van der Waals surface area contributed by atoms with Gasteiger partial charge in [0.05, 0.1) is 18.5 Å². The zero-order chi connectivity index (χ0) is 16.4. The fourth-order valence-corrected chi connectivity index (χ4v) is 2.70. The van der Waals surface area contributed by atoms with E-state index in [1.165, 1.54) is 5.56 Å². The molecule has 1 heterocycles. The van der Waals surface area contributed by atoms with Crippen LogP contribution in [-0.4, -0.2) is 22.1 Å². The first-order valence-corrected chi connectivity index (χ1v) is 7.50. The molecule has 2 N–H and O–H groups in total. The highest BCUT2D eigenvalue weighted by molar-refractivity contribution is 5.65. The molecular weight excluding hydrogens is 288 g/mol. The number of benzene rings is 2. The van der Waals surface area contributed by atoms with Gasteiger partial charge < -0.3 is 10.5 Å². The monoisotopic (exact) mass is 308 g/mol. The number of aryl methyl sites for hydroxylation is 2. The van der Waals surface area contributed by atoms with E-state index in [1.54, 1.807) is 7.11 Å². The van der Waals surface area contributed by atoms with Gasteiger partial charge in [0.2, 0.25) is 0 Å². The van der Waals surface area contributed by atoms with Crippen LogP contribution in [0.1, 0.15) is 16.8 Å². The lowest BCUT2D eigenvalue weighted by Gasteiger charge is -2.11. The van der Waals surface area contributed by atoms with Crippen molar-refractivity contribution in [1.82, 2.24) is 15.0 Å². The molecule has 0 unspecified atom stereocenters. The van der Waals surface area contributed by atoms with E-state index in [9.17, 15) is 0 Å². The van der Waals surface area contributed by atoms with Crippen LogP contribution in [-0.2, 0) is 6.54 Å². The second-order valence-corrected chi connectivity index (χ2v) is 5.52. The predicted octanol–water partition coefficient (Wildman–Crippen LogP) is 3.02. The number of aromatic nitrogens is 3. The van der Waals surface area contributed by atoms with Crippen LogP contribution >= 0.6 is 0 Å². The molecule has 0 aliphatic rings. The van der Waals surface area contributed by atoms with Crippen LogP contribution in [0, 0.1) is 13.8 Å². The molecule has 0 aliphatic carbocycles. The Hall–Kier alpha value is -2.66. The van der Waals surface area contributed by atoms with Gasteiger partial charge in [-0.1, -0.05) is 22.9 Å². The quantitative estimate of drug-likeness (QED) is 0.804. The van der Waals surface area contributed by atoms with Crippen molar-refractivity contribution in [1.29, 1.82) is 0 Å². The fraction of sp³-hybridized carbons (Fsp3) is 0.222. The summed E-state index contributed by atoms with van der Waals surface area (Å²) in [5, 5.41) is 8.57. The second kappa shape index (κ2) is 6.22. The van der Waals surface area contributed by atoms with Crippen LogP contribution in [0.15, 0.2) is 42.5 Å². The van der Waals surface area contributed by atoms with Gasteiger partial charge in [-0.05, 0) is 49.7 Å². The lowest BCUT2D eigenvalue weighted by molar-refractivity contribution is 0.415. The molecular formula is C18H20N4O. The van der Waals surface area contributed by atoms with Gasteiger partial charge >= 0.3 is 0 Å². The summed E-state index contributed by atoms with van der Waals surface area (Å²) < 4.78 is 7.09. The standard InChI is InChI=1S/C18H20N4O/c1-12-4-9-17(13(2)10-12)22-18(16(11-19)20-21-22)14-5-7-15(23-3)8-6-14/h4-10H,11,19H2,1-3H3. The van der Waals surface area contributed by atoms with Gasteiger partial charge in [0.25, 0.3) is 0 Å². The molecule has 3 rings (SSSR count). The maximum atomic E-state index is 5.86. The smallest absolute Gasteiger partial charge is 0.118 e.